The second kappa shape index (κ2) is 3.98. The SMILES string of the molecule is N#Cc1c(-c2ccncc2)cc(=O)n(N)c1O. The molecule has 6 nitrogen and oxygen atoms in total. The molecule has 0 atom stereocenters. The summed E-state index contributed by atoms with van der Waals surface area (Å²) in [6.45, 7) is 0. The topological polar surface area (TPSA) is 105 Å². The summed E-state index contributed by atoms with van der Waals surface area (Å²) in [6, 6.07) is 6.29. The van der Waals surface area contributed by atoms with Gasteiger partial charge in [0, 0.05) is 24.0 Å². The number of pyridine rings is 2. The van der Waals surface area contributed by atoms with E-state index in [0.717, 1.165) is 0 Å². The largest absolute Gasteiger partial charge is 0.492 e. The minimum Gasteiger partial charge on any atom is -0.492 e. The molecule has 0 aliphatic heterocycles. The van der Waals surface area contributed by atoms with E-state index in [-0.39, 0.29) is 5.56 Å². The molecule has 6 heteroatoms. The van der Waals surface area contributed by atoms with Crippen LogP contribution in [0.1, 0.15) is 5.56 Å². The number of hydrogen-bond acceptors (Lipinski definition) is 5. The van der Waals surface area contributed by atoms with Crippen LogP contribution in [0.2, 0.25) is 0 Å². The first-order chi connectivity index (χ1) is 8.15. The van der Waals surface area contributed by atoms with Crippen LogP contribution in [0.3, 0.4) is 0 Å². The summed E-state index contributed by atoms with van der Waals surface area (Å²) in [4.78, 5) is 15.3. The maximum Gasteiger partial charge on any atom is 0.272 e. The fraction of sp³-hybridized carbons (Fsp3) is 0. The number of aromatic nitrogens is 2. The van der Waals surface area contributed by atoms with Crippen LogP contribution < -0.4 is 11.4 Å². The normalized spacial score (nSPS) is 9.82. The molecule has 84 valence electrons. The number of nitrogens with two attached hydrogens (primary N) is 1. The Kier molecular flexibility index (Phi) is 2.51. The van der Waals surface area contributed by atoms with E-state index in [2.05, 4.69) is 4.98 Å². The molecule has 0 spiro atoms. The van der Waals surface area contributed by atoms with E-state index in [9.17, 15) is 9.90 Å². The minimum atomic E-state index is -0.590. The Labute approximate surface area is 96.2 Å². The number of aromatic hydroxyl groups is 1. The summed E-state index contributed by atoms with van der Waals surface area (Å²) < 4.78 is 0.531. The molecule has 0 amide bonds. The summed E-state index contributed by atoms with van der Waals surface area (Å²) in [7, 11) is 0. The predicted octanol–water partition coefficient (Wildman–Crippen LogP) is 0.201. The van der Waals surface area contributed by atoms with Crippen LogP contribution in [0.25, 0.3) is 11.1 Å². The molecule has 17 heavy (non-hydrogen) atoms. The predicted molar refractivity (Wildman–Crippen MR) is 60.5 cm³/mol. The van der Waals surface area contributed by atoms with Gasteiger partial charge >= 0.3 is 0 Å². The Morgan fingerprint density at radius 1 is 1.41 bits per heavy atom. The molecule has 2 aromatic rings. The first kappa shape index (κ1) is 10.7. The van der Waals surface area contributed by atoms with Gasteiger partial charge in [-0.15, -0.1) is 0 Å². The Morgan fingerprint density at radius 2 is 2.06 bits per heavy atom. The molecule has 0 fully saturated rings. The van der Waals surface area contributed by atoms with Crippen molar-refractivity contribution >= 4 is 0 Å². The number of nitriles is 1. The van der Waals surface area contributed by atoms with Crippen molar-refractivity contribution in [3.05, 3.63) is 46.5 Å². The molecular formula is C11H8N4O2. The Bertz CT molecular complexity index is 656. The van der Waals surface area contributed by atoms with Gasteiger partial charge < -0.3 is 10.9 Å². The van der Waals surface area contributed by atoms with Crippen LogP contribution >= 0.6 is 0 Å². The fourth-order valence-corrected chi connectivity index (χ4v) is 1.48. The molecular weight excluding hydrogens is 220 g/mol. The molecule has 0 saturated carbocycles. The summed E-state index contributed by atoms with van der Waals surface area (Å²) in [5.41, 5.74) is 0.315. The molecule has 3 N–H and O–H groups in total. The Morgan fingerprint density at radius 3 is 2.65 bits per heavy atom. The summed E-state index contributed by atoms with van der Waals surface area (Å²) in [5.74, 6) is 4.75. The highest BCUT2D eigenvalue weighted by molar-refractivity contribution is 5.71. The van der Waals surface area contributed by atoms with Crippen LogP contribution in [0.15, 0.2) is 35.4 Å². The highest BCUT2D eigenvalue weighted by Gasteiger charge is 2.14. The van der Waals surface area contributed by atoms with Crippen LogP contribution in [-0.2, 0) is 0 Å². The van der Waals surface area contributed by atoms with Gasteiger partial charge in [0.05, 0.1) is 0 Å². The van der Waals surface area contributed by atoms with Gasteiger partial charge in [-0.05, 0) is 17.7 Å². The van der Waals surface area contributed by atoms with Crippen molar-refractivity contribution < 1.29 is 5.11 Å². The monoisotopic (exact) mass is 228 g/mol. The summed E-state index contributed by atoms with van der Waals surface area (Å²) in [5, 5.41) is 18.6. The number of nitrogen functional groups attached to an aromatic ring is 1. The average Bonchev–Trinajstić information content (AvgIpc) is 2.36. The lowest BCUT2D eigenvalue weighted by Crippen LogP contribution is -2.27. The van der Waals surface area contributed by atoms with Crippen molar-refractivity contribution in [2.45, 2.75) is 0 Å². The third-order valence-corrected chi connectivity index (χ3v) is 2.33. The molecule has 0 aliphatic rings. The molecule has 2 heterocycles. The van der Waals surface area contributed by atoms with Crippen molar-refractivity contribution in [1.29, 1.82) is 5.26 Å². The highest BCUT2D eigenvalue weighted by atomic mass is 16.3. The van der Waals surface area contributed by atoms with Crippen LogP contribution in [0.5, 0.6) is 5.88 Å². The maximum absolute atomic E-state index is 11.5. The summed E-state index contributed by atoms with van der Waals surface area (Å²) >= 11 is 0. The average molecular weight is 228 g/mol. The Balaban J connectivity index is 2.81. The molecule has 0 bridgehead atoms. The van der Waals surface area contributed by atoms with E-state index in [4.69, 9.17) is 11.1 Å². The maximum atomic E-state index is 11.5. The third kappa shape index (κ3) is 1.70. The smallest absolute Gasteiger partial charge is 0.272 e. The molecule has 2 rings (SSSR count). The summed E-state index contributed by atoms with van der Waals surface area (Å²) in [6.07, 6.45) is 3.06. The number of hydrogen-bond donors (Lipinski definition) is 2. The minimum absolute atomic E-state index is 0.0432. The van der Waals surface area contributed by atoms with Crippen LogP contribution in [0, 0.1) is 11.3 Å². The van der Waals surface area contributed by atoms with Crippen molar-refractivity contribution in [2.75, 3.05) is 5.84 Å². The number of nitrogens with zero attached hydrogens (tertiary/aromatic N) is 3. The van der Waals surface area contributed by atoms with Crippen molar-refractivity contribution in [3.63, 3.8) is 0 Å². The van der Waals surface area contributed by atoms with E-state index < -0.39 is 11.4 Å². The van der Waals surface area contributed by atoms with Crippen molar-refractivity contribution in [1.82, 2.24) is 9.66 Å². The molecule has 0 radical (unpaired) electrons. The number of rotatable bonds is 1. The Hall–Kier alpha value is -2.81. The van der Waals surface area contributed by atoms with Crippen LogP contribution in [0.4, 0.5) is 0 Å². The van der Waals surface area contributed by atoms with Gasteiger partial charge in [0.1, 0.15) is 11.6 Å². The first-order valence-electron chi connectivity index (χ1n) is 4.69. The van der Waals surface area contributed by atoms with Gasteiger partial charge in [0.15, 0.2) is 0 Å². The van der Waals surface area contributed by atoms with Gasteiger partial charge in [-0.2, -0.15) is 9.94 Å². The molecule has 0 aliphatic carbocycles. The van der Waals surface area contributed by atoms with Crippen molar-refractivity contribution in [2.24, 2.45) is 0 Å². The van der Waals surface area contributed by atoms with Gasteiger partial charge in [-0.1, -0.05) is 0 Å². The highest BCUT2D eigenvalue weighted by Crippen LogP contribution is 2.26. The molecule has 0 aromatic carbocycles. The first-order valence-corrected chi connectivity index (χ1v) is 4.69. The third-order valence-electron chi connectivity index (χ3n) is 2.33. The lowest BCUT2D eigenvalue weighted by Gasteiger charge is -2.08. The van der Waals surface area contributed by atoms with Gasteiger partial charge in [-0.3, -0.25) is 9.78 Å². The van der Waals surface area contributed by atoms with Crippen LogP contribution in [-0.4, -0.2) is 14.8 Å². The zero-order valence-electron chi connectivity index (χ0n) is 8.66. The van der Waals surface area contributed by atoms with Gasteiger partial charge in [-0.25, -0.2) is 0 Å². The van der Waals surface area contributed by atoms with E-state index in [1.165, 1.54) is 18.5 Å². The zero-order valence-corrected chi connectivity index (χ0v) is 8.66. The van der Waals surface area contributed by atoms with Gasteiger partial charge in [0.25, 0.3) is 5.56 Å². The standard InChI is InChI=1S/C11H8N4O2/c12-6-9-8(7-1-3-14-4-2-7)5-10(16)15(13)11(9)17/h1-5,17H,13H2. The lowest BCUT2D eigenvalue weighted by atomic mass is 10.0. The van der Waals surface area contributed by atoms with E-state index in [1.54, 1.807) is 12.1 Å². The van der Waals surface area contributed by atoms with E-state index >= 15 is 0 Å². The molecule has 2 aromatic heterocycles. The molecule has 0 unspecified atom stereocenters. The molecule has 0 saturated heterocycles. The van der Waals surface area contributed by atoms with E-state index in [0.29, 0.717) is 15.8 Å². The quantitative estimate of drug-likeness (QED) is 0.678. The van der Waals surface area contributed by atoms with Gasteiger partial charge in [0.2, 0.25) is 5.88 Å². The second-order valence-corrected chi connectivity index (χ2v) is 3.31. The lowest BCUT2D eigenvalue weighted by molar-refractivity contribution is 0.428. The fourth-order valence-electron chi connectivity index (χ4n) is 1.48. The van der Waals surface area contributed by atoms with Crippen molar-refractivity contribution in [3.8, 4) is 23.1 Å². The second-order valence-electron chi connectivity index (χ2n) is 3.31. The van der Waals surface area contributed by atoms with E-state index in [1.807, 2.05) is 6.07 Å². The zero-order chi connectivity index (χ0) is 12.4.